The van der Waals surface area contributed by atoms with Gasteiger partial charge in [0.2, 0.25) is 0 Å². The van der Waals surface area contributed by atoms with E-state index in [1.807, 2.05) is 0 Å². The fourth-order valence-corrected chi connectivity index (χ4v) is 1.92. The van der Waals surface area contributed by atoms with Crippen LogP contribution >= 0.6 is 11.6 Å². The van der Waals surface area contributed by atoms with Gasteiger partial charge in [-0.2, -0.15) is 0 Å². The number of ether oxygens (including phenoxy) is 1. The lowest BCUT2D eigenvalue weighted by Gasteiger charge is -2.17. The average molecular weight is 262 g/mol. The maximum atomic E-state index is 13.8. The van der Waals surface area contributed by atoms with Crippen LogP contribution < -0.4 is 10.5 Å². The van der Waals surface area contributed by atoms with Gasteiger partial charge in [0, 0.05) is 11.6 Å². The Hall–Kier alpha value is -1.33. The molecule has 0 amide bonds. The van der Waals surface area contributed by atoms with E-state index in [0.717, 1.165) is 0 Å². The standard InChI is InChI=1S/C11H13ClFNO3/c1-5-3-6(12)10(13)9(11(5)17-2)7(14)4-8(15)16/h3,7H,4,14H2,1-2H3,(H,15,16). The molecule has 1 unspecified atom stereocenters. The van der Waals surface area contributed by atoms with E-state index in [9.17, 15) is 9.18 Å². The van der Waals surface area contributed by atoms with Crippen molar-refractivity contribution >= 4 is 17.6 Å². The number of hydrogen-bond acceptors (Lipinski definition) is 3. The highest BCUT2D eigenvalue weighted by atomic mass is 35.5. The zero-order chi connectivity index (χ0) is 13.2. The molecule has 6 heteroatoms. The fourth-order valence-electron chi connectivity index (χ4n) is 1.65. The number of halogens is 2. The van der Waals surface area contributed by atoms with Gasteiger partial charge in [-0.3, -0.25) is 4.79 Å². The third-order valence-corrected chi connectivity index (χ3v) is 2.64. The third kappa shape index (κ3) is 2.87. The summed E-state index contributed by atoms with van der Waals surface area (Å²) >= 11 is 5.70. The lowest BCUT2D eigenvalue weighted by atomic mass is 10.00. The van der Waals surface area contributed by atoms with E-state index in [2.05, 4.69) is 0 Å². The van der Waals surface area contributed by atoms with Crippen LogP contribution in [0.5, 0.6) is 5.75 Å². The zero-order valence-corrected chi connectivity index (χ0v) is 10.2. The monoisotopic (exact) mass is 261 g/mol. The van der Waals surface area contributed by atoms with Gasteiger partial charge in [0.05, 0.1) is 18.6 Å². The molecule has 0 aromatic heterocycles. The lowest BCUT2D eigenvalue weighted by Crippen LogP contribution is -2.18. The molecule has 0 aliphatic rings. The molecule has 1 aromatic carbocycles. The van der Waals surface area contributed by atoms with Crippen LogP contribution in [0.15, 0.2) is 6.07 Å². The normalized spacial score (nSPS) is 12.3. The number of nitrogens with two attached hydrogens (primary N) is 1. The van der Waals surface area contributed by atoms with Crippen LogP contribution in [0.3, 0.4) is 0 Å². The Kier molecular flexibility index (Phi) is 4.31. The molecular formula is C11H13ClFNO3. The van der Waals surface area contributed by atoms with Crippen molar-refractivity contribution in [3.63, 3.8) is 0 Å². The second-order valence-corrected chi connectivity index (χ2v) is 4.05. The molecule has 0 fully saturated rings. The van der Waals surface area contributed by atoms with Crippen molar-refractivity contribution in [2.75, 3.05) is 7.11 Å². The minimum atomic E-state index is -1.11. The number of aliphatic carboxylic acids is 1. The Bertz CT molecular complexity index is 451. The van der Waals surface area contributed by atoms with Crippen LogP contribution in [0.2, 0.25) is 5.02 Å². The summed E-state index contributed by atoms with van der Waals surface area (Å²) in [5.74, 6) is -1.61. The van der Waals surface area contributed by atoms with E-state index >= 15 is 0 Å². The van der Waals surface area contributed by atoms with Gasteiger partial charge in [-0.25, -0.2) is 4.39 Å². The van der Waals surface area contributed by atoms with Gasteiger partial charge in [0.1, 0.15) is 11.6 Å². The predicted octanol–water partition coefficient (Wildman–Crippen LogP) is 2.27. The van der Waals surface area contributed by atoms with Gasteiger partial charge in [0.15, 0.2) is 0 Å². The fraction of sp³-hybridized carbons (Fsp3) is 0.364. The minimum Gasteiger partial charge on any atom is -0.496 e. The largest absolute Gasteiger partial charge is 0.496 e. The zero-order valence-electron chi connectivity index (χ0n) is 9.46. The topological polar surface area (TPSA) is 72.5 Å². The Morgan fingerprint density at radius 3 is 2.76 bits per heavy atom. The maximum Gasteiger partial charge on any atom is 0.305 e. The molecule has 0 saturated heterocycles. The quantitative estimate of drug-likeness (QED) is 0.872. The SMILES string of the molecule is COc1c(C)cc(Cl)c(F)c1C(N)CC(=O)O. The number of rotatable bonds is 4. The summed E-state index contributed by atoms with van der Waals surface area (Å²) in [5, 5.41) is 8.56. The lowest BCUT2D eigenvalue weighted by molar-refractivity contribution is -0.137. The summed E-state index contributed by atoms with van der Waals surface area (Å²) in [6.45, 7) is 1.68. The first-order valence-electron chi connectivity index (χ1n) is 4.88. The number of benzene rings is 1. The highest BCUT2D eigenvalue weighted by Crippen LogP contribution is 2.35. The highest BCUT2D eigenvalue weighted by Gasteiger charge is 2.23. The number of hydrogen-bond donors (Lipinski definition) is 2. The maximum absolute atomic E-state index is 13.8. The third-order valence-electron chi connectivity index (χ3n) is 2.36. The van der Waals surface area contributed by atoms with Gasteiger partial charge in [-0.05, 0) is 18.6 Å². The van der Waals surface area contributed by atoms with Crippen LogP contribution in [0.25, 0.3) is 0 Å². The number of carboxylic acids is 1. The van der Waals surface area contributed by atoms with Crippen molar-refractivity contribution < 1.29 is 19.0 Å². The molecule has 0 aliphatic heterocycles. The summed E-state index contributed by atoms with van der Waals surface area (Å²) in [6.07, 6.45) is -0.396. The molecule has 1 aromatic rings. The Morgan fingerprint density at radius 1 is 1.71 bits per heavy atom. The van der Waals surface area contributed by atoms with Crippen molar-refractivity contribution in [3.8, 4) is 5.75 Å². The first-order valence-corrected chi connectivity index (χ1v) is 5.26. The first-order chi connectivity index (χ1) is 7.88. The number of carbonyl (C=O) groups is 1. The second kappa shape index (κ2) is 5.33. The van der Waals surface area contributed by atoms with E-state index in [-0.39, 0.29) is 16.3 Å². The van der Waals surface area contributed by atoms with E-state index in [1.54, 1.807) is 6.92 Å². The molecule has 0 bridgehead atoms. The van der Waals surface area contributed by atoms with Crippen molar-refractivity contribution in [3.05, 3.63) is 28.0 Å². The molecule has 0 radical (unpaired) electrons. The van der Waals surface area contributed by atoms with Crippen LogP contribution in [-0.2, 0) is 4.79 Å². The van der Waals surface area contributed by atoms with E-state index in [4.69, 9.17) is 27.2 Å². The molecule has 1 rings (SSSR count). The van der Waals surface area contributed by atoms with Crippen molar-refractivity contribution in [2.24, 2.45) is 5.73 Å². The Morgan fingerprint density at radius 2 is 2.29 bits per heavy atom. The summed E-state index contributed by atoms with van der Waals surface area (Å²) in [5.41, 5.74) is 6.26. The van der Waals surface area contributed by atoms with Gasteiger partial charge in [0.25, 0.3) is 0 Å². The second-order valence-electron chi connectivity index (χ2n) is 3.64. The van der Waals surface area contributed by atoms with Crippen LogP contribution in [0.1, 0.15) is 23.6 Å². The summed E-state index contributed by atoms with van der Waals surface area (Å²) < 4.78 is 18.9. The number of aryl methyl sites for hydroxylation is 1. The highest BCUT2D eigenvalue weighted by molar-refractivity contribution is 6.31. The smallest absolute Gasteiger partial charge is 0.305 e. The van der Waals surface area contributed by atoms with E-state index < -0.39 is 24.2 Å². The summed E-state index contributed by atoms with van der Waals surface area (Å²) in [6, 6.07) is 0.409. The van der Waals surface area contributed by atoms with Crippen molar-refractivity contribution in [1.29, 1.82) is 0 Å². The van der Waals surface area contributed by atoms with Crippen LogP contribution in [-0.4, -0.2) is 18.2 Å². The molecule has 0 aliphatic carbocycles. The molecule has 17 heavy (non-hydrogen) atoms. The van der Waals surface area contributed by atoms with E-state index in [0.29, 0.717) is 5.56 Å². The van der Waals surface area contributed by atoms with Gasteiger partial charge >= 0.3 is 5.97 Å². The molecule has 94 valence electrons. The van der Waals surface area contributed by atoms with E-state index in [1.165, 1.54) is 13.2 Å². The van der Waals surface area contributed by atoms with Crippen molar-refractivity contribution in [1.82, 2.24) is 0 Å². The molecule has 4 nitrogen and oxygen atoms in total. The summed E-state index contributed by atoms with van der Waals surface area (Å²) in [4.78, 5) is 10.6. The molecule has 3 N–H and O–H groups in total. The predicted molar refractivity (Wildman–Crippen MR) is 61.9 cm³/mol. The van der Waals surface area contributed by atoms with Gasteiger partial charge in [-0.15, -0.1) is 0 Å². The summed E-state index contributed by atoms with van der Waals surface area (Å²) in [7, 11) is 1.37. The van der Waals surface area contributed by atoms with Crippen LogP contribution in [0, 0.1) is 12.7 Å². The molecule has 0 saturated carbocycles. The number of carboxylic acid groups (broad SMARTS) is 1. The Labute approximate surface area is 103 Å². The molecular weight excluding hydrogens is 249 g/mol. The van der Waals surface area contributed by atoms with Crippen LogP contribution in [0.4, 0.5) is 4.39 Å². The molecule has 0 spiro atoms. The first kappa shape index (κ1) is 13.7. The Balaban J connectivity index is 3.33. The van der Waals surface area contributed by atoms with Crippen molar-refractivity contribution in [2.45, 2.75) is 19.4 Å². The number of methoxy groups -OCH3 is 1. The molecule has 0 heterocycles. The molecule has 1 atom stereocenters. The van der Waals surface area contributed by atoms with Gasteiger partial charge < -0.3 is 15.6 Å². The van der Waals surface area contributed by atoms with Gasteiger partial charge in [-0.1, -0.05) is 11.6 Å². The average Bonchev–Trinajstić information content (AvgIpc) is 2.21. The minimum absolute atomic E-state index is 0.0000926.